The van der Waals surface area contributed by atoms with Crippen LogP contribution in [0.5, 0.6) is 0 Å². The van der Waals surface area contributed by atoms with Gasteiger partial charge in [-0.15, -0.1) is 0 Å². The number of aromatic nitrogens is 1. The number of hydrogen-bond donors (Lipinski definition) is 0. The SMILES string of the molecule is Cc1ccnc(N(CC2CC2)CC2CC2)c1C#N. The zero-order valence-electron chi connectivity index (χ0n) is 10.9. The molecule has 1 aromatic rings. The molecule has 2 aliphatic carbocycles. The molecule has 1 heterocycles. The fraction of sp³-hybridized carbons (Fsp3) is 0.600. The van der Waals surface area contributed by atoms with E-state index in [0.717, 1.165) is 41.9 Å². The molecule has 94 valence electrons. The lowest BCUT2D eigenvalue weighted by atomic mass is 10.1. The van der Waals surface area contributed by atoms with Crippen LogP contribution in [0.2, 0.25) is 0 Å². The predicted molar refractivity (Wildman–Crippen MR) is 71.4 cm³/mol. The van der Waals surface area contributed by atoms with Crippen molar-refractivity contribution in [2.45, 2.75) is 32.6 Å². The standard InChI is InChI=1S/C15H19N3/c1-11-6-7-17-15(14(11)8-16)18(9-12-2-3-12)10-13-4-5-13/h6-7,12-13H,2-5,9-10H2,1H3. The zero-order chi connectivity index (χ0) is 12.5. The predicted octanol–water partition coefficient (Wildman–Crippen LogP) is 2.89. The van der Waals surface area contributed by atoms with E-state index in [9.17, 15) is 5.26 Å². The van der Waals surface area contributed by atoms with Crippen molar-refractivity contribution < 1.29 is 0 Å². The number of pyridine rings is 1. The Morgan fingerprint density at radius 3 is 2.39 bits per heavy atom. The lowest BCUT2D eigenvalue weighted by Gasteiger charge is -2.25. The molecule has 1 aromatic heterocycles. The first-order valence-electron chi connectivity index (χ1n) is 6.88. The van der Waals surface area contributed by atoms with Crippen molar-refractivity contribution in [3.05, 3.63) is 23.4 Å². The number of anilines is 1. The van der Waals surface area contributed by atoms with Crippen molar-refractivity contribution in [2.24, 2.45) is 11.8 Å². The molecule has 2 aliphatic rings. The summed E-state index contributed by atoms with van der Waals surface area (Å²) in [6, 6.07) is 4.25. The third kappa shape index (κ3) is 2.48. The van der Waals surface area contributed by atoms with Gasteiger partial charge in [-0.2, -0.15) is 5.26 Å². The normalized spacial score (nSPS) is 18.4. The maximum Gasteiger partial charge on any atom is 0.146 e. The van der Waals surface area contributed by atoms with E-state index in [1.165, 1.54) is 25.7 Å². The molecule has 3 nitrogen and oxygen atoms in total. The third-order valence-electron chi connectivity index (χ3n) is 3.90. The van der Waals surface area contributed by atoms with Crippen molar-refractivity contribution in [2.75, 3.05) is 18.0 Å². The first-order chi connectivity index (χ1) is 8.78. The van der Waals surface area contributed by atoms with Gasteiger partial charge in [-0.05, 0) is 56.1 Å². The minimum absolute atomic E-state index is 0.763. The number of rotatable bonds is 5. The molecule has 18 heavy (non-hydrogen) atoms. The van der Waals surface area contributed by atoms with Crippen LogP contribution in [0.15, 0.2) is 12.3 Å². The first kappa shape index (κ1) is 11.5. The van der Waals surface area contributed by atoms with Gasteiger partial charge in [0.15, 0.2) is 0 Å². The fourth-order valence-corrected chi connectivity index (χ4v) is 2.39. The second-order valence-electron chi connectivity index (χ2n) is 5.73. The van der Waals surface area contributed by atoms with E-state index >= 15 is 0 Å². The van der Waals surface area contributed by atoms with E-state index in [1.54, 1.807) is 0 Å². The van der Waals surface area contributed by atoms with Gasteiger partial charge in [-0.3, -0.25) is 0 Å². The Morgan fingerprint density at radius 2 is 1.89 bits per heavy atom. The van der Waals surface area contributed by atoms with Gasteiger partial charge >= 0.3 is 0 Å². The molecular formula is C15H19N3. The summed E-state index contributed by atoms with van der Waals surface area (Å²) in [7, 11) is 0. The van der Waals surface area contributed by atoms with Gasteiger partial charge in [-0.25, -0.2) is 4.98 Å². The van der Waals surface area contributed by atoms with Gasteiger partial charge in [0.05, 0.1) is 5.56 Å². The van der Waals surface area contributed by atoms with Crippen LogP contribution in [-0.4, -0.2) is 18.1 Å². The topological polar surface area (TPSA) is 39.9 Å². The van der Waals surface area contributed by atoms with Crippen molar-refractivity contribution in [1.82, 2.24) is 4.98 Å². The van der Waals surface area contributed by atoms with Gasteiger partial charge in [0, 0.05) is 19.3 Å². The Kier molecular flexibility index (Phi) is 2.95. The molecule has 2 fully saturated rings. The van der Waals surface area contributed by atoms with Crippen molar-refractivity contribution in [1.29, 1.82) is 5.26 Å². The van der Waals surface area contributed by atoms with Gasteiger partial charge in [0.1, 0.15) is 11.9 Å². The van der Waals surface area contributed by atoms with Crippen LogP contribution in [0.4, 0.5) is 5.82 Å². The van der Waals surface area contributed by atoms with Crippen LogP contribution in [0, 0.1) is 30.1 Å². The monoisotopic (exact) mass is 241 g/mol. The highest BCUT2D eigenvalue weighted by Gasteiger charge is 2.30. The Labute approximate surface area is 108 Å². The lowest BCUT2D eigenvalue weighted by Crippen LogP contribution is -2.29. The summed E-state index contributed by atoms with van der Waals surface area (Å²) >= 11 is 0. The van der Waals surface area contributed by atoms with Gasteiger partial charge < -0.3 is 4.90 Å². The molecule has 0 bridgehead atoms. The Morgan fingerprint density at radius 1 is 1.28 bits per heavy atom. The summed E-state index contributed by atoms with van der Waals surface area (Å²) < 4.78 is 0. The highest BCUT2D eigenvalue weighted by Crippen LogP contribution is 2.36. The Balaban J connectivity index is 1.87. The summed E-state index contributed by atoms with van der Waals surface area (Å²) in [4.78, 5) is 6.84. The summed E-state index contributed by atoms with van der Waals surface area (Å²) in [6.07, 6.45) is 7.20. The van der Waals surface area contributed by atoms with E-state index in [-0.39, 0.29) is 0 Å². The molecule has 0 radical (unpaired) electrons. The van der Waals surface area contributed by atoms with E-state index < -0.39 is 0 Å². The van der Waals surface area contributed by atoms with E-state index in [1.807, 2.05) is 19.2 Å². The molecule has 0 aliphatic heterocycles. The van der Waals surface area contributed by atoms with Crippen LogP contribution in [0.3, 0.4) is 0 Å². The molecule has 0 saturated heterocycles. The Bertz CT molecular complexity index is 467. The molecule has 0 aromatic carbocycles. The maximum atomic E-state index is 9.33. The summed E-state index contributed by atoms with van der Waals surface area (Å²) in [5.74, 6) is 2.58. The molecular weight excluding hydrogens is 222 g/mol. The van der Waals surface area contributed by atoms with Gasteiger partial charge in [0.25, 0.3) is 0 Å². The molecule has 3 rings (SSSR count). The molecule has 0 atom stereocenters. The average molecular weight is 241 g/mol. The number of aryl methyl sites for hydroxylation is 1. The van der Waals surface area contributed by atoms with Crippen molar-refractivity contribution in [3.63, 3.8) is 0 Å². The minimum Gasteiger partial charge on any atom is -0.355 e. The van der Waals surface area contributed by atoms with Crippen LogP contribution in [0.25, 0.3) is 0 Å². The second kappa shape index (κ2) is 4.61. The molecule has 0 unspecified atom stereocenters. The van der Waals surface area contributed by atoms with Crippen LogP contribution < -0.4 is 4.90 Å². The maximum absolute atomic E-state index is 9.33. The van der Waals surface area contributed by atoms with Crippen LogP contribution in [-0.2, 0) is 0 Å². The summed E-state index contributed by atoms with van der Waals surface area (Å²) in [5, 5.41) is 9.33. The summed E-state index contributed by atoms with van der Waals surface area (Å²) in [6.45, 7) is 4.17. The summed E-state index contributed by atoms with van der Waals surface area (Å²) in [5.41, 5.74) is 1.80. The largest absolute Gasteiger partial charge is 0.355 e. The zero-order valence-corrected chi connectivity index (χ0v) is 10.9. The average Bonchev–Trinajstić information content (AvgIpc) is 3.22. The van der Waals surface area contributed by atoms with E-state index in [0.29, 0.717) is 0 Å². The fourth-order valence-electron chi connectivity index (χ4n) is 2.39. The lowest BCUT2D eigenvalue weighted by molar-refractivity contribution is 0.670. The second-order valence-corrected chi connectivity index (χ2v) is 5.73. The van der Waals surface area contributed by atoms with Gasteiger partial charge in [-0.1, -0.05) is 0 Å². The number of hydrogen-bond acceptors (Lipinski definition) is 3. The number of nitriles is 1. The Hall–Kier alpha value is -1.56. The van der Waals surface area contributed by atoms with Crippen molar-refractivity contribution in [3.8, 4) is 6.07 Å². The van der Waals surface area contributed by atoms with E-state index in [4.69, 9.17) is 0 Å². The smallest absolute Gasteiger partial charge is 0.146 e. The molecule has 0 spiro atoms. The minimum atomic E-state index is 0.763. The molecule has 2 saturated carbocycles. The van der Waals surface area contributed by atoms with Crippen LogP contribution >= 0.6 is 0 Å². The molecule has 3 heteroatoms. The first-order valence-corrected chi connectivity index (χ1v) is 6.88. The highest BCUT2D eigenvalue weighted by molar-refractivity contribution is 5.57. The highest BCUT2D eigenvalue weighted by atomic mass is 15.2. The van der Waals surface area contributed by atoms with E-state index in [2.05, 4.69) is 16.0 Å². The molecule has 0 N–H and O–H groups in total. The van der Waals surface area contributed by atoms with Crippen molar-refractivity contribution >= 4 is 5.82 Å². The number of nitrogens with zero attached hydrogens (tertiary/aromatic N) is 3. The molecule has 0 amide bonds. The van der Waals surface area contributed by atoms with Crippen LogP contribution in [0.1, 0.15) is 36.8 Å². The third-order valence-corrected chi connectivity index (χ3v) is 3.90. The van der Waals surface area contributed by atoms with Gasteiger partial charge in [0.2, 0.25) is 0 Å². The quantitative estimate of drug-likeness (QED) is 0.795.